The molecule has 2 N–H and O–H groups in total. The molecule has 4 aromatic rings. The minimum atomic E-state index is -3.99. The second-order valence-corrected chi connectivity index (χ2v) is 10.9. The van der Waals surface area contributed by atoms with E-state index in [2.05, 4.69) is 10.0 Å². The molecule has 5 rings (SSSR count). The van der Waals surface area contributed by atoms with Gasteiger partial charge in [0.05, 0.1) is 18.9 Å². The Kier molecular flexibility index (Phi) is 7.64. The quantitative estimate of drug-likeness (QED) is 0.301. The Labute approximate surface area is 227 Å². The minimum absolute atomic E-state index is 0.0616. The van der Waals surface area contributed by atoms with E-state index in [1.54, 1.807) is 48.5 Å². The molecule has 1 aliphatic rings. The van der Waals surface area contributed by atoms with Crippen molar-refractivity contribution in [2.45, 2.75) is 4.90 Å². The first-order valence-electron chi connectivity index (χ1n) is 12.1. The molecule has 38 heavy (non-hydrogen) atoms. The van der Waals surface area contributed by atoms with Crippen molar-refractivity contribution in [2.75, 3.05) is 41.2 Å². The first-order chi connectivity index (χ1) is 18.4. The zero-order valence-corrected chi connectivity index (χ0v) is 22.0. The lowest BCUT2D eigenvalue weighted by atomic mass is 10.0. The van der Waals surface area contributed by atoms with Gasteiger partial charge in [0.2, 0.25) is 0 Å². The lowest BCUT2D eigenvalue weighted by Gasteiger charge is -2.30. The Morgan fingerprint density at radius 1 is 0.789 bits per heavy atom. The van der Waals surface area contributed by atoms with Gasteiger partial charge in [-0.15, -0.1) is 0 Å². The first-order valence-corrected chi connectivity index (χ1v) is 14.0. The second kappa shape index (κ2) is 11.3. The fraction of sp³-hybridized carbons (Fsp3) is 0.138. The number of sulfonamides is 1. The fourth-order valence-electron chi connectivity index (χ4n) is 4.25. The van der Waals surface area contributed by atoms with Gasteiger partial charge in [-0.2, -0.15) is 0 Å². The van der Waals surface area contributed by atoms with Gasteiger partial charge in [-0.05, 0) is 65.7 Å². The minimum Gasteiger partial charge on any atom is -0.378 e. The molecular formula is C29H26ClN3O4S. The predicted octanol–water partition coefficient (Wildman–Crippen LogP) is 5.90. The number of ether oxygens (including phenoxy) is 1. The summed E-state index contributed by atoms with van der Waals surface area (Å²) in [6, 6.07) is 28.5. The van der Waals surface area contributed by atoms with Crippen LogP contribution in [0.3, 0.4) is 0 Å². The summed E-state index contributed by atoms with van der Waals surface area (Å²) in [6.45, 7) is 2.12. The van der Waals surface area contributed by atoms with E-state index in [-0.39, 0.29) is 10.8 Å². The van der Waals surface area contributed by atoms with Gasteiger partial charge in [0.1, 0.15) is 4.90 Å². The Morgan fingerprint density at radius 3 is 2.11 bits per heavy atom. The Balaban J connectivity index is 1.42. The number of hydrogen-bond acceptors (Lipinski definition) is 5. The molecule has 7 nitrogen and oxygen atoms in total. The number of nitrogens with zero attached hydrogens (tertiary/aromatic N) is 1. The molecule has 0 radical (unpaired) electrons. The van der Waals surface area contributed by atoms with Crippen molar-refractivity contribution in [3.05, 3.63) is 108 Å². The van der Waals surface area contributed by atoms with Crippen molar-refractivity contribution in [3.8, 4) is 11.1 Å². The molecule has 0 unspecified atom stereocenters. The highest BCUT2D eigenvalue weighted by Crippen LogP contribution is 2.31. The summed E-state index contributed by atoms with van der Waals surface area (Å²) in [5.41, 5.74) is 3.82. The van der Waals surface area contributed by atoms with E-state index >= 15 is 0 Å². The third-order valence-corrected chi connectivity index (χ3v) is 7.87. The zero-order chi connectivity index (χ0) is 26.5. The Bertz CT molecular complexity index is 1520. The van der Waals surface area contributed by atoms with Gasteiger partial charge in [-0.3, -0.25) is 9.52 Å². The summed E-state index contributed by atoms with van der Waals surface area (Å²) in [5, 5.41) is 3.34. The van der Waals surface area contributed by atoms with Gasteiger partial charge in [-0.25, -0.2) is 8.42 Å². The summed E-state index contributed by atoms with van der Waals surface area (Å²) >= 11 is 5.95. The molecule has 4 aromatic carbocycles. The SMILES string of the molecule is O=C(Nc1ccc(N2CCOCC2)c(S(=O)(=O)Nc2ccc(Cl)cc2)c1)c1ccc(-c2ccccc2)cc1. The van der Waals surface area contributed by atoms with E-state index in [4.69, 9.17) is 16.3 Å². The van der Waals surface area contributed by atoms with E-state index in [9.17, 15) is 13.2 Å². The molecule has 1 heterocycles. The smallest absolute Gasteiger partial charge is 0.264 e. The van der Waals surface area contributed by atoms with Gasteiger partial charge in [0, 0.05) is 35.1 Å². The number of morpholine rings is 1. The van der Waals surface area contributed by atoms with Crippen LogP contribution in [0.5, 0.6) is 0 Å². The van der Waals surface area contributed by atoms with Crippen molar-refractivity contribution < 1.29 is 17.9 Å². The molecule has 0 aliphatic carbocycles. The molecule has 1 amide bonds. The number of anilines is 3. The largest absolute Gasteiger partial charge is 0.378 e. The number of halogens is 1. The molecular weight excluding hydrogens is 522 g/mol. The van der Waals surface area contributed by atoms with Crippen molar-refractivity contribution in [2.24, 2.45) is 0 Å². The molecule has 0 atom stereocenters. The third kappa shape index (κ3) is 5.99. The summed E-state index contributed by atoms with van der Waals surface area (Å²) in [6.07, 6.45) is 0. The molecule has 0 bridgehead atoms. The number of carbonyl (C=O) groups excluding carboxylic acids is 1. The molecule has 1 aliphatic heterocycles. The molecule has 1 saturated heterocycles. The summed E-state index contributed by atoms with van der Waals surface area (Å²) < 4.78 is 35.1. The number of carbonyl (C=O) groups is 1. The number of hydrogen-bond donors (Lipinski definition) is 2. The maximum Gasteiger partial charge on any atom is 0.264 e. The van der Waals surface area contributed by atoms with Crippen LogP contribution in [0.1, 0.15) is 10.4 Å². The standard InChI is InChI=1S/C29H26ClN3O4S/c30-24-10-12-25(13-11-24)32-38(35,36)28-20-26(14-15-27(28)33-16-18-37-19-17-33)31-29(34)23-8-6-22(7-9-23)21-4-2-1-3-5-21/h1-15,20,32H,16-19H2,(H,31,34). The van der Waals surface area contributed by atoms with Crippen LogP contribution < -0.4 is 14.9 Å². The van der Waals surface area contributed by atoms with Crippen LogP contribution >= 0.6 is 11.6 Å². The maximum atomic E-state index is 13.5. The predicted molar refractivity (Wildman–Crippen MR) is 152 cm³/mol. The molecule has 0 spiro atoms. The van der Waals surface area contributed by atoms with Gasteiger partial charge >= 0.3 is 0 Å². The van der Waals surface area contributed by atoms with Gasteiger partial charge < -0.3 is 15.0 Å². The Morgan fingerprint density at radius 2 is 1.42 bits per heavy atom. The molecule has 1 fully saturated rings. The first kappa shape index (κ1) is 25.8. The van der Waals surface area contributed by atoms with Crippen LogP contribution in [0, 0.1) is 0 Å². The van der Waals surface area contributed by atoms with Crippen LogP contribution in [-0.4, -0.2) is 40.6 Å². The van der Waals surface area contributed by atoms with E-state index < -0.39 is 10.0 Å². The monoisotopic (exact) mass is 547 g/mol. The average molecular weight is 548 g/mol. The average Bonchev–Trinajstić information content (AvgIpc) is 2.95. The molecule has 9 heteroatoms. The highest BCUT2D eigenvalue weighted by Gasteiger charge is 2.25. The van der Waals surface area contributed by atoms with Crippen LogP contribution in [0.25, 0.3) is 11.1 Å². The van der Waals surface area contributed by atoms with E-state index in [1.165, 1.54) is 6.07 Å². The second-order valence-electron chi connectivity index (χ2n) is 8.79. The lowest BCUT2D eigenvalue weighted by Crippen LogP contribution is -2.37. The van der Waals surface area contributed by atoms with Gasteiger partial charge in [-0.1, -0.05) is 54.1 Å². The topological polar surface area (TPSA) is 87.7 Å². The number of benzene rings is 4. The van der Waals surface area contributed by atoms with Crippen molar-refractivity contribution in [3.63, 3.8) is 0 Å². The summed E-state index contributed by atoms with van der Waals surface area (Å²) in [7, 11) is -3.99. The van der Waals surface area contributed by atoms with E-state index in [0.29, 0.717) is 54.0 Å². The summed E-state index contributed by atoms with van der Waals surface area (Å²) in [4.78, 5) is 15.0. The zero-order valence-electron chi connectivity index (χ0n) is 20.4. The lowest BCUT2D eigenvalue weighted by molar-refractivity contribution is 0.102. The third-order valence-electron chi connectivity index (χ3n) is 6.21. The van der Waals surface area contributed by atoms with Crippen LogP contribution in [-0.2, 0) is 14.8 Å². The number of amides is 1. The van der Waals surface area contributed by atoms with Crippen LogP contribution in [0.2, 0.25) is 5.02 Å². The van der Waals surface area contributed by atoms with Crippen molar-refractivity contribution >= 4 is 44.6 Å². The maximum absolute atomic E-state index is 13.5. The molecule has 0 aromatic heterocycles. The molecule has 194 valence electrons. The molecule has 0 saturated carbocycles. The number of rotatable bonds is 7. The van der Waals surface area contributed by atoms with Crippen LogP contribution in [0.4, 0.5) is 17.1 Å². The fourth-order valence-corrected chi connectivity index (χ4v) is 5.69. The summed E-state index contributed by atoms with van der Waals surface area (Å²) in [5.74, 6) is -0.335. The van der Waals surface area contributed by atoms with Gasteiger partial charge in [0.25, 0.3) is 15.9 Å². The van der Waals surface area contributed by atoms with Gasteiger partial charge in [0.15, 0.2) is 0 Å². The normalized spacial score (nSPS) is 13.7. The highest BCUT2D eigenvalue weighted by atomic mass is 35.5. The van der Waals surface area contributed by atoms with E-state index in [0.717, 1.165) is 11.1 Å². The number of nitrogens with one attached hydrogen (secondary N) is 2. The highest BCUT2D eigenvalue weighted by molar-refractivity contribution is 7.92. The Hall–Kier alpha value is -3.85. The van der Waals surface area contributed by atoms with Crippen molar-refractivity contribution in [1.82, 2.24) is 0 Å². The van der Waals surface area contributed by atoms with Crippen LogP contribution in [0.15, 0.2) is 102 Å². The van der Waals surface area contributed by atoms with E-state index in [1.807, 2.05) is 47.4 Å². The van der Waals surface area contributed by atoms with Crippen molar-refractivity contribution in [1.29, 1.82) is 0 Å².